The molecule has 3 N–H and O–H groups in total. The average molecular weight is 156 g/mol. The van der Waals surface area contributed by atoms with Crippen LogP contribution in [0.2, 0.25) is 0 Å². The van der Waals surface area contributed by atoms with Gasteiger partial charge in [0.1, 0.15) is 5.78 Å². The van der Waals surface area contributed by atoms with Crippen LogP contribution in [0.25, 0.3) is 0 Å². The van der Waals surface area contributed by atoms with E-state index in [9.17, 15) is 4.79 Å². The van der Waals surface area contributed by atoms with Gasteiger partial charge in [0, 0.05) is 18.5 Å². The van der Waals surface area contributed by atoms with Crippen molar-refractivity contribution in [2.75, 3.05) is 13.1 Å². The summed E-state index contributed by atoms with van der Waals surface area (Å²) in [5.74, 6) is 0.191. The van der Waals surface area contributed by atoms with Crippen molar-refractivity contribution < 1.29 is 4.79 Å². The maximum absolute atomic E-state index is 10.8. The zero-order chi connectivity index (χ0) is 8.32. The summed E-state index contributed by atoms with van der Waals surface area (Å²) in [7, 11) is 0. The van der Waals surface area contributed by atoms with Gasteiger partial charge in [0.05, 0.1) is 0 Å². The van der Waals surface area contributed by atoms with Gasteiger partial charge in [-0.15, -0.1) is 0 Å². The largest absolute Gasteiger partial charge is 0.324 e. The molecule has 0 radical (unpaired) electrons. The number of Topliss-reactive ketones (excluding diaryl/α,β-unsaturated/α-hetero) is 1. The third-order valence-corrected chi connectivity index (χ3v) is 2.11. The second-order valence-corrected chi connectivity index (χ2v) is 3.52. The average Bonchev–Trinajstić information content (AvgIpc) is 1.85. The molecule has 1 atom stereocenters. The fourth-order valence-corrected chi connectivity index (χ4v) is 1.64. The normalized spacial score (nSPS) is 31.8. The Morgan fingerprint density at radius 2 is 2.45 bits per heavy atom. The summed E-state index contributed by atoms with van der Waals surface area (Å²) in [6, 6.07) is 0. The number of ketones is 1. The lowest BCUT2D eigenvalue weighted by atomic mass is 9.87. The van der Waals surface area contributed by atoms with Crippen LogP contribution in [0.3, 0.4) is 0 Å². The smallest absolute Gasteiger partial charge is 0.131 e. The van der Waals surface area contributed by atoms with E-state index >= 15 is 0 Å². The standard InChI is InChI=1S/C8H16N2O/c1-7(11)5-8(9)3-2-4-10-6-8/h10H,2-6,9H2,1H3. The molecular formula is C8H16N2O. The van der Waals surface area contributed by atoms with Gasteiger partial charge in [0.25, 0.3) is 0 Å². The Labute approximate surface area is 67.3 Å². The van der Waals surface area contributed by atoms with Crippen LogP contribution >= 0.6 is 0 Å². The predicted molar refractivity (Wildman–Crippen MR) is 44.3 cm³/mol. The molecule has 0 spiro atoms. The minimum atomic E-state index is -0.260. The first-order valence-electron chi connectivity index (χ1n) is 4.11. The molecule has 0 aromatic carbocycles. The van der Waals surface area contributed by atoms with Gasteiger partial charge in [0.15, 0.2) is 0 Å². The zero-order valence-corrected chi connectivity index (χ0v) is 7.02. The molecule has 1 aliphatic rings. The van der Waals surface area contributed by atoms with Gasteiger partial charge in [-0.05, 0) is 26.3 Å². The summed E-state index contributed by atoms with van der Waals surface area (Å²) in [4.78, 5) is 10.8. The van der Waals surface area contributed by atoms with E-state index in [1.807, 2.05) is 0 Å². The molecule has 1 rings (SSSR count). The Hall–Kier alpha value is -0.410. The first-order chi connectivity index (χ1) is 5.12. The Balaban J connectivity index is 2.43. The minimum Gasteiger partial charge on any atom is -0.324 e. The fraction of sp³-hybridized carbons (Fsp3) is 0.875. The van der Waals surface area contributed by atoms with E-state index in [1.165, 1.54) is 0 Å². The lowest BCUT2D eigenvalue weighted by Crippen LogP contribution is -2.53. The summed E-state index contributed by atoms with van der Waals surface area (Å²) in [6.45, 7) is 3.42. The van der Waals surface area contributed by atoms with Crippen LogP contribution in [-0.4, -0.2) is 24.4 Å². The number of carbonyl (C=O) groups is 1. The molecule has 0 amide bonds. The van der Waals surface area contributed by atoms with Crippen LogP contribution < -0.4 is 11.1 Å². The summed E-state index contributed by atoms with van der Waals surface area (Å²) in [5, 5.41) is 3.20. The van der Waals surface area contributed by atoms with Crippen LogP contribution in [0.5, 0.6) is 0 Å². The summed E-state index contributed by atoms with van der Waals surface area (Å²) < 4.78 is 0. The highest BCUT2D eigenvalue weighted by molar-refractivity contribution is 5.76. The van der Waals surface area contributed by atoms with Crippen molar-refractivity contribution in [2.45, 2.75) is 31.7 Å². The molecule has 11 heavy (non-hydrogen) atoms. The molecule has 1 saturated heterocycles. The van der Waals surface area contributed by atoms with Gasteiger partial charge in [-0.1, -0.05) is 0 Å². The van der Waals surface area contributed by atoms with Gasteiger partial charge in [0.2, 0.25) is 0 Å². The van der Waals surface area contributed by atoms with E-state index in [2.05, 4.69) is 5.32 Å². The monoisotopic (exact) mass is 156 g/mol. The molecule has 0 aliphatic carbocycles. The second-order valence-electron chi connectivity index (χ2n) is 3.52. The topological polar surface area (TPSA) is 55.1 Å². The lowest BCUT2D eigenvalue weighted by Gasteiger charge is -2.32. The molecule has 1 aliphatic heterocycles. The van der Waals surface area contributed by atoms with Crippen LogP contribution in [0.1, 0.15) is 26.2 Å². The Bertz CT molecular complexity index is 150. The zero-order valence-electron chi connectivity index (χ0n) is 7.02. The fourth-order valence-electron chi connectivity index (χ4n) is 1.64. The third kappa shape index (κ3) is 2.60. The number of piperidine rings is 1. The van der Waals surface area contributed by atoms with Crippen LogP contribution in [0.4, 0.5) is 0 Å². The van der Waals surface area contributed by atoms with Gasteiger partial charge >= 0.3 is 0 Å². The molecule has 0 aromatic rings. The molecule has 0 bridgehead atoms. The van der Waals surface area contributed by atoms with Crippen molar-refractivity contribution in [3.05, 3.63) is 0 Å². The SMILES string of the molecule is CC(=O)CC1(N)CCCNC1. The molecule has 0 saturated carbocycles. The summed E-state index contributed by atoms with van der Waals surface area (Å²) in [5.41, 5.74) is 5.72. The molecule has 3 heteroatoms. The number of hydrogen-bond acceptors (Lipinski definition) is 3. The second kappa shape index (κ2) is 3.32. The third-order valence-electron chi connectivity index (χ3n) is 2.11. The van der Waals surface area contributed by atoms with Crippen molar-refractivity contribution in [3.8, 4) is 0 Å². The van der Waals surface area contributed by atoms with Crippen LogP contribution in [0, 0.1) is 0 Å². The van der Waals surface area contributed by atoms with Crippen molar-refractivity contribution in [3.63, 3.8) is 0 Å². The van der Waals surface area contributed by atoms with E-state index in [4.69, 9.17) is 5.73 Å². The summed E-state index contributed by atoms with van der Waals surface area (Å²) in [6.07, 6.45) is 2.57. The van der Waals surface area contributed by atoms with Gasteiger partial charge < -0.3 is 11.1 Å². The maximum atomic E-state index is 10.8. The van der Waals surface area contributed by atoms with E-state index in [-0.39, 0.29) is 11.3 Å². The number of carbonyl (C=O) groups excluding carboxylic acids is 1. The minimum absolute atomic E-state index is 0.191. The van der Waals surface area contributed by atoms with E-state index in [0.29, 0.717) is 6.42 Å². The van der Waals surface area contributed by atoms with Gasteiger partial charge in [-0.25, -0.2) is 0 Å². The highest BCUT2D eigenvalue weighted by Crippen LogP contribution is 2.16. The molecule has 1 heterocycles. The first kappa shape index (κ1) is 8.68. The maximum Gasteiger partial charge on any atom is 0.131 e. The lowest BCUT2D eigenvalue weighted by molar-refractivity contribution is -0.118. The number of nitrogens with one attached hydrogen (secondary N) is 1. The molecular weight excluding hydrogens is 140 g/mol. The number of rotatable bonds is 2. The highest BCUT2D eigenvalue weighted by atomic mass is 16.1. The summed E-state index contributed by atoms with van der Waals surface area (Å²) >= 11 is 0. The molecule has 0 aromatic heterocycles. The Kier molecular flexibility index (Phi) is 2.62. The Morgan fingerprint density at radius 1 is 1.73 bits per heavy atom. The van der Waals surface area contributed by atoms with Crippen molar-refractivity contribution in [1.82, 2.24) is 5.32 Å². The molecule has 1 unspecified atom stereocenters. The number of nitrogens with two attached hydrogens (primary N) is 1. The molecule has 1 fully saturated rings. The van der Waals surface area contributed by atoms with Gasteiger partial charge in [-0.3, -0.25) is 4.79 Å². The quantitative estimate of drug-likeness (QED) is 0.594. The van der Waals surface area contributed by atoms with E-state index in [1.54, 1.807) is 6.92 Å². The highest BCUT2D eigenvalue weighted by Gasteiger charge is 2.28. The van der Waals surface area contributed by atoms with Crippen molar-refractivity contribution in [1.29, 1.82) is 0 Å². The Morgan fingerprint density at radius 3 is 2.91 bits per heavy atom. The number of hydrogen-bond donors (Lipinski definition) is 2. The molecule has 3 nitrogen and oxygen atoms in total. The van der Waals surface area contributed by atoms with Gasteiger partial charge in [-0.2, -0.15) is 0 Å². The predicted octanol–water partition coefficient (Wildman–Crippen LogP) is 0.0464. The van der Waals surface area contributed by atoms with Crippen molar-refractivity contribution >= 4 is 5.78 Å². The van der Waals surface area contributed by atoms with E-state index < -0.39 is 0 Å². The first-order valence-corrected chi connectivity index (χ1v) is 4.11. The van der Waals surface area contributed by atoms with E-state index in [0.717, 1.165) is 25.9 Å². The van der Waals surface area contributed by atoms with Crippen molar-refractivity contribution in [2.24, 2.45) is 5.73 Å². The van der Waals surface area contributed by atoms with Crippen LogP contribution in [-0.2, 0) is 4.79 Å². The van der Waals surface area contributed by atoms with Crippen LogP contribution in [0.15, 0.2) is 0 Å². The molecule has 64 valence electrons.